The van der Waals surface area contributed by atoms with Gasteiger partial charge in [-0.05, 0) is 54.4 Å². The number of quaternary nitrogens is 1. The zero-order valence-electron chi connectivity index (χ0n) is 26.0. The standard InChI is InChI=1S/C30H36ClN15/c1-44-19-18-36-29(44)42-40-24-10-6-22(7-11-24)32-14-4-16-34-27-37-26(31)38-28(39-27)35-17-5-15-33-23-8-12-25(13-9-23)41-43-30-45(2)20-21-46(30)3/h6-13,18-21H,4-5,14-17H2,1-3H3,(H3,32,34,35,36,37,38,39,42)/p+2. The quantitative estimate of drug-likeness (QED) is 0.0515. The van der Waals surface area contributed by atoms with Crippen LogP contribution in [0.2, 0.25) is 5.28 Å². The Hall–Kier alpha value is -5.28. The van der Waals surface area contributed by atoms with E-state index in [9.17, 15) is 0 Å². The minimum absolute atomic E-state index is 0.142. The number of nitrogens with zero attached hydrogens (tertiary/aromatic N) is 11. The third-order valence-corrected chi connectivity index (χ3v) is 7.00. The first-order chi connectivity index (χ1) is 22.4. The summed E-state index contributed by atoms with van der Waals surface area (Å²) in [5.74, 6) is 2.22. The number of aromatic nitrogens is 7. The third kappa shape index (κ3) is 9.61. The van der Waals surface area contributed by atoms with Crippen LogP contribution in [0.4, 0.5) is 46.5 Å². The number of azo groups is 2. The maximum atomic E-state index is 6.15. The first-order valence-electron chi connectivity index (χ1n) is 14.9. The lowest BCUT2D eigenvalue weighted by Gasteiger charge is -2.09. The first-order valence-corrected chi connectivity index (χ1v) is 15.3. The average molecular weight is 644 g/mol. The molecular formula is C30H38ClN15+2. The summed E-state index contributed by atoms with van der Waals surface area (Å²) in [5, 5.41) is 29.2. The molecule has 0 amide bonds. The topological polar surface area (TPSA) is 167 Å². The van der Waals surface area contributed by atoms with Crippen LogP contribution in [0, 0.1) is 0 Å². The number of nitrogens with two attached hydrogens (primary N) is 1. The highest BCUT2D eigenvalue weighted by Crippen LogP contribution is 2.19. The number of anilines is 3. The Kier molecular flexibility index (Phi) is 11.3. The predicted molar refractivity (Wildman–Crippen MR) is 177 cm³/mol. The second-order valence-electron chi connectivity index (χ2n) is 10.4. The van der Waals surface area contributed by atoms with E-state index in [0.717, 1.165) is 54.6 Å². The zero-order valence-corrected chi connectivity index (χ0v) is 26.8. The SMILES string of the molecule is Cn1ccnc1N=Nc1ccc([NH2+]CCCNc2nc(Cl)nc(NCCCNc3ccc(N=Nc4n(C)cc[n+]4C)cc3)n2)cc1. The molecule has 0 aliphatic carbocycles. The molecule has 5 aromatic rings. The van der Waals surface area contributed by atoms with Gasteiger partial charge in [0.25, 0.3) is 0 Å². The Labute approximate surface area is 271 Å². The minimum atomic E-state index is 0.142. The van der Waals surface area contributed by atoms with Crippen molar-refractivity contribution in [3.63, 3.8) is 0 Å². The van der Waals surface area contributed by atoms with Crippen molar-refractivity contribution in [1.82, 2.24) is 29.1 Å². The second-order valence-corrected chi connectivity index (χ2v) is 10.8. The van der Waals surface area contributed by atoms with Crippen LogP contribution in [-0.4, -0.2) is 55.2 Å². The van der Waals surface area contributed by atoms with Crippen LogP contribution < -0.4 is 25.8 Å². The lowest BCUT2D eigenvalue weighted by Crippen LogP contribution is -2.78. The molecule has 3 aromatic heterocycles. The monoisotopic (exact) mass is 643 g/mol. The van der Waals surface area contributed by atoms with Crippen LogP contribution >= 0.6 is 11.6 Å². The number of imidazole rings is 2. The number of benzene rings is 2. The summed E-state index contributed by atoms with van der Waals surface area (Å²) in [6, 6.07) is 15.8. The molecule has 238 valence electrons. The highest BCUT2D eigenvalue weighted by molar-refractivity contribution is 6.28. The van der Waals surface area contributed by atoms with Gasteiger partial charge in [-0.1, -0.05) is 5.11 Å². The van der Waals surface area contributed by atoms with E-state index >= 15 is 0 Å². The van der Waals surface area contributed by atoms with Crippen molar-refractivity contribution in [2.45, 2.75) is 12.8 Å². The Balaban J connectivity index is 0.968. The Morgan fingerprint density at radius 1 is 0.761 bits per heavy atom. The number of hydrogen-bond acceptors (Lipinski definition) is 11. The van der Waals surface area contributed by atoms with E-state index in [1.54, 1.807) is 6.20 Å². The molecule has 3 heterocycles. The summed E-state index contributed by atoms with van der Waals surface area (Å²) in [5.41, 5.74) is 3.69. The fourth-order valence-corrected chi connectivity index (χ4v) is 4.47. The van der Waals surface area contributed by atoms with Gasteiger partial charge in [0, 0.05) is 68.4 Å². The molecule has 5 rings (SSSR count). The smallest absolute Gasteiger partial charge is 0.385 e. The minimum Gasteiger partial charge on any atom is -0.385 e. The molecule has 5 N–H and O–H groups in total. The van der Waals surface area contributed by atoms with Gasteiger partial charge in [-0.15, -0.1) is 10.2 Å². The summed E-state index contributed by atoms with van der Waals surface area (Å²) < 4.78 is 5.64. The molecule has 16 heteroatoms. The number of aryl methyl sites for hydroxylation is 3. The van der Waals surface area contributed by atoms with E-state index in [1.807, 2.05) is 102 Å². The van der Waals surface area contributed by atoms with Gasteiger partial charge in [0.15, 0.2) is 0 Å². The van der Waals surface area contributed by atoms with Gasteiger partial charge in [0.2, 0.25) is 23.1 Å². The van der Waals surface area contributed by atoms with Gasteiger partial charge in [-0.2, -0.15) is 15.0 Å². The molecule has 0 bridgehead atoms. The first kappa shape index (κ1) is 32.1. The molecule has 0 saturated carbocycles. The van der Waals surface area contributed by atoms with Crippen molar-refractivity contribution in [3.8, 4) is 0 Å². The summed E-state index contributed by atoms with van der Waals surface area (Å²) in [7, 11) is 5.75. The molecule has 0 saturated heterocycles. The van der Waals surface area contributed by atoms with Crippen LogP contribution in [0.25, 0.3) is 0 Å². The van der Waals surface area contributed by atoms with Crippen molar-refractivity contribution < 1.29 is 9.88 Å². The Morgan fingerprint density at radius 3 is 2.07 bits per heavy atom. The van der Waals surface area contributed by atoms with Crippen molar-refractivity contribution in [2.24, 2.45) is 41.6 Å². The van der Waals surface area contributed by atoms with Crippen molar-refractivity contribution in [1.29, 1.82) is 0 Å². The molecule has 0 aliphatic heterocycles. The molecular weight excluding hydrogens is 606 g/mol. The van der Waals surface area contributed by atoms with E-state index in [4.69, 9.17) is 11.6 Å². The molecule has 0 fully saturated rings. The fraction of sp³-hybridized carbons (Fsp3) is 0.300. The molecule has 0 spiro atoms. The number of halogens is 1. The van der Waals surface area contributed by atoms with Gasteiger partial charge in [0.1, 0.15) is 11.4 Å². The van der Waals surface area contributed by atoms with E-state index < -0.39 is 0 Å². The lowest BCUT2D eigenvalue weighted by atomic mass is 10.3. The van der Waals surface area contributed by atoms with Crippen molar-refractivity contribution in [2.75, 3.05) is 42.1 Å². The number of hydrogen-bond donors (Lipinski definition) is 4. The zero-order chi connectivity index (χ0) is 32.1. The van der Waals surface area contributed by atoms with Gasteiger partial charge < -0.3 is 25.8 Å². The normalized spacial score (nSPS) is 11.5. The summed E-state index contributed by atoms with van der Waals surface area (Å²) in [6.07, 6.45) is 9.14. The molecule has 2 aromatic carbocycles. The maximum absolute atomic E-state index is 6.15. The number of rotatable bonds is 16. The molecule has 46 heavy (non-hydrogen) atoms. The molecule has 15 nitrogen and oxygen atoms in total. The maximum Gasteiger partial charge on any atom is 0.421 e. The summed E-state index contributed by atoms with van der Waals surface area (Å²) in [4.78, 5) is 17.0. The Bertz CT molecular complexity index is 1720. The summed E-state index contributed by atoms with van der Waals surface area (Å²) in [6.45, 7) is 3.02. The van der Waals surface area contributed by atoms with E-state index in [2.05, 4.69) is 61.7 Å². The van der Waals surface area contributed by atoms with E-state index in [1.165, 1.54) is 0 Å². The van der Waals surface area contributed by atoms with Gasteiger partial charge in [-0.25, -0.2) is 14.1 Å². The second kappa shape index (κ2) is 16.2. The number of nitrogens with one attached hydrogen (secondary N) is 3. The highest BCUT2D eigenvalue weighted by atomic mass is 35.5. The van der Waals surface area contributed by atoms with Crippen LogP contribution in [-0.2, 0) is 21.1 Å². The predicted octanol–water partition coefficient (Wildman–Crippen LogP) is 4.86. The van der Waals surface area contributed by atoms with Crippen LogP contribution in [0.1, 0.15) is 12.8 Å². The van der Waals surface area contributed by atoms with Crippen LogP contribution in [0.15, 0.2) is 93.8 Å². The largest absolute Gasteiger partial charge is 0.421 e. The molecule has 0 unspecified atom stereocenters. The van der Waals surface area contributed by atoms with Gasteiger partial charge in [0.05, 0.1) is 38.7 Å². The van der Waals surface area contributed by atoms with E-state index in [-0.39, 0.29) is 5.28 Å². The van der Waals surface area contributed by atoms with E-state index in [0.29, 0.717) is 30.9 Å². The van der Waals surface area contributed by atoms with Crippen molar-refractivity contribution >= 4 is 58.1 Å². The highest BCUT2D eigenvalue weighted by Gasteiger charge is 2.10. The third-order valence-electron chi connectivity index (χ3n) is 6.83. The van der Waals surface area contributed by atoms with Crippen LogP contribution in [0.5, 0.6) is 0 Å². The van der Waals surface area contributed by atoms with Crippen molar-refractivity contribution in [3.05, 3.63) is 78.6 Å². The average Bonchev–Trinajstić information content (AvgIpc) is 3.62. The lowest BCUT2D eigenvalue weighted by molar-refractivity contribution is -0.657. The Morgan fingerprint density at radius 2 is 1.41 bits per heavy atom. The molecule has 0 aliphatic rings. The summed E-state index contributed by atoms with van der Waals surface area (Å²) >= 11 is 6.15. The molecule has 0 atom stereocenters. The van der Waals surface area contributed by atoms with Gasteiger partial charge in [-0.3, -0.25) is 0 Å². The molecule has 0 radical (unpaired) electrons. The fourth-order valence-electron chi connectivity index (χ4n) is 4.31. The van der Waals surface area contributed by atoms with Gasteiger partial charge >= 0.3 is 5.95 Å². The van der Waals surface area contributed by atoms with Crippen LogP contribution in [0.3, 0.4) is 0 Å².